The first-order chi connectivity index (χ1) is 13.3. The van der Waals surface area contributed by atoms with Crippen molar-refractivity contribution in [3.8, 4) is 0 Å². The zero-order valence-corrected chi connectivity index (χ0v) is 15.2. The summed E-state index contributed by atoms with van der Waals surface area (Å²) < 4.78 is 29.5. The van der Waals surface area contributed by atoms with Crippen LogP contribution < -0.4 is 11.6 Å². The number of ether oxygens (including phenoxy) is 2. The van der Waals surface area contributed by atoms with Crippen molar-refractivity contribution < 1.29 is 36.7 Å². The second kappa shape index (κ2) is 6.84. The summed E-state index contributed by atoms with van der Waals surface area (Å²) in [7, 11) is 0. The molecule has 0 bridgehead atoms. The first-order valence-corrected chi connectivity index (χ1v) is 8.87. The molecule has 2 aliphatic rings. The number of carbonyl (C=O) groups is 2. The molecule has 2 saturated carbocycles. The molecule has 2 unspecified atom stereocenters. The Morgan fingerprint density at radius 2 is 1.39 bits per heavy atom. The van der Waals surface area contributed by atoms with Crippen LogP contribution in [0.15, 0.2) is 27.3 Å². The van der Waals surface area contributed by atoms with Crippen LogP contribution in [0.25, 0.3) is 0 Å². The Balaban J connectivity index is 1.31. The highest BCUT2D eigenvalue weighted by molar-refractivity contribution is 5.81. The lowest BCUT2D eigenvalue weighted by Crippen LogP contribution is -2.21. The maximum Gasteiger partial charge on any atom is 0.519 e. The monoisotopic (exact) mass is 394 g/mol. The highest BCUT2D eigenvalue weighted by atomic mass is 16.6. The number of aryl methyl sites for hydroxylation is 2. The van der Waals surface area contributed by atoms with Gasteiger partial charge in [0.1, 0.15) is 0 Å². The van der Waals surface area contributed by atoms with Gasteiger partial charge in [-0.15, -0.1) is 0 Å². The van der Waals surface area contributed by atoms with Crippen molar-refractivity contribution in [2.24, 2.45) is 23.7 Å². The molecule has 10 nitrogen and oxygen atoms in total. The summed E-state index contributed by atoms with van der Waals surface area (Å²) in [6, 6.07) is 0. The zero-order chi connectivity index (χ0) is 20.0. The summed E-state index contributed by atoms with van der Waals surface area (Å²) in [5.41, 5.74) is 0. The van der Waals surface area contributed by atoms with Crippen molar-refractivity contribution >= 4 is 11.9 Å². The number of rotatable bonds is 6. The number of hydrogen-bond donors (Lipinski definition) is 0. The van der Waals surface area contributed by atoms with Crippen molar-refractivity contribution in [3.05, 3.63) is 44.3 Å². The van der Waals surface area contributed by atoms with E-state index in [-0.39, 0.29) is 54.0 Å². The third kappa shape index (κ3) is 3.30. The second-order valence-electron chi connectivity index (χ2n) is 7.03. The first-order valence-electron chi connectivity index (χ1n) is 8.87. The van der Waals surface area contributed by atoms with E-state index in [0.29, 0.717) is 6.42 Å². The molecule has 2 aliphatic carbocycles. The minimum Gasteiger partial charge on any atom is -0.457 e. The molecule has 0 amide bonds. The molecule has 0 N–H and O–H groups in total. The molecule has 10 heteroatoms. The van der Waals surface area contributed by atoms with Gasteiger partial charge in [-0.25, -0.2) is 9.59 Å². The number of esters is 2. The van der Waals surface area contributed by atoms with Crippen LogP contribution in [-0.2, 0) is 32.3 Å². The Morgan fingerprint density at radius 3 is 1.89 bits per heavy atom. The van der Waals surface area contributed by atoms with E-state index in [2.05, 4.69) is 0 Å². The van der Waals surface area contributed by atoms with Gasteiger partial charge in [0.2, 0.25) is 0 Å². The summed E-state index contributed by atoms with van der Waals surface area (Å²) in [5, 5.41) is 0. The lowest BCUT2D eigenvalue weighted by Gasteiger charge is -2.13. The average molecular weight is 394 g/mol. The molecule has 2 aromatic heterocycles. The third-order valence-corrected chi connectivity index (χ3v) is 5.44. The maximum atomic E-state index is 12.4. The third-order valence-electron chi connectivity index (χ3n) is 5.44. The van der Waals surface area contributed by atoms with Crippen molar-refractivity contribution in [1.82, 2.24) is 0 Å². The van der Waals surface area contributed by atoms with Gasteiger partial charge in [0.05, 0.1) is 11.8 Å². The highest BCUT2D eigenvalue weighted by Gasteiger charge is 2.64. The molecule has 2 fully saturated rings. The molecular formula is C18H18O10. The maximum absolute atomic E-state index is 12.4. The number of carbonyl (C=O) groups excluding carboxylic acids is 2. The smallest absolute Gasteiger partial charge is 0.457 e. The van der Waals surface area contributed by atoms with E-state index in [4.69, 9.17) is 27.1 Å². The summed E-state index contributed by atoms with van der Waals surface area (Å²) in [5.74, 6) is -2.56. The molecule has 0 aromatic carbocycles. The van der Waals surface area contributed by atoms with Crippen LogP contribution in [-0.4, -0.2) is 11.9 Å². The number of fused-ring (bicyclic) bond motifs is 1. The van der Waals surface area contributed by atoms with Gasteiger partial charge in [0, 0.05) is 0 Å². The molecule has 2 aromatic rings. The van der Waals surface area contributed by atoms with Gasteiger partial charge >= 0.3 is 23.6 Å². The molecule has 0 spiro atoms. The molecule has 2 heterocycles. The average Bonchev–Trinajstić information content (AvgIpc) is 2.89. The van der Waals surface area contributed by atoms with E-state index < -0.39 is 29.5 Å². The van der Waals surface area contributed by atoms with Crippen molar-refractivity contribution in [3.63, 3.8) is 0 Å². The topological polar surface area (TPSA) is 139 Å². The van der Waals surface area contributed by atoms with E-state index in [0.717, 1.165) is 6.42 Å². The fourth-order valence-corrected chi connectivity index (χ4v) is 3.98. The fraction of sp³-hybridized carbons (Fsp3) is 0.556. The lowest BCUT2D eigenvalue weighted by molar-refractivity contribution is -0.152. The molecule has 4 rings (SSSR count). The lowest BCUT2D eigenvalue weighted by atomic mass is 10.0. The van der Waals surface area contributed by atoms with E-state index in [9.17, 15) is 19.2 Å². The zero-order valence-electron chi connectivity index (χ0n) is 15.2. The molecule has 0 radical (unpaired) electrons. The van der Waals surface area contributed by atoms with Gasteiger partial charge in [0.15, 0.2) is 36.3 Å². The van der Waals surface area contributed by atoms with Crippen molar-refractivity contribution in [2.45, 2.75) is 39.9 Å². The van der Waals surface area contributed by atoms with E-state index >= 15 is 0 Å². The van der Waals surface area contributed by atoms with Gasteiger partial charge in [-0.1, -0.05) is 0 Å². The van der Waals surface area contributed by atoms with Crippen LogP contribution in [0.3, 0.4) is 0 Å². The molecule has 4 atom stereocenters. The molecule has 0 aliphatic heterocycles. The molecular weight excluding hydrogens is 376 g/mol. The normalized spacial score (nSPS) is 25.4. The van der Waals surface area contributed by atoms with Crippen LogP contribution in [0.1, 0.15) is 35.9 Å². The summed E-state index contributed by atoms with van der Waals surface area (Å²) in [4.78, 5) is 46.7. The van der Waals surface area contributed by atoms with Crippen molar-refractivity contribution in [2.75, 3.05) is 0 Å². The summed E-state index contributed by atoms with van der Waals surface area (Å²) in [6.45, 7) is 2.69. The van der Waals surface area contributed by atoms with Crippen LogP contribution in [0.2, 0.25) is 0 Å². The van der Waals surface area contributed by atoms with E-state index in [1.165, 1.54) is 13.8 Å². The largest absolute Gasteiger partial charge is 0.519 e. The van der Waals surface area contributed by atoms with Gasteiger partial charge in [-0.05, 0) is 38.5 Å². The number of hydrogen-bond acceptors (Lipinski definition) is 10. The quantitative estimate of drug-likeness (QED) is 0.661. The highest BCUT2D eigenvalue weighted by Crippen LogP contribution is 2.61. The van der Waals surface area contributed by atoms with Gasteiger partial charge in [-0.2, -0.15) is 0 Å². The molecule has 28 heavy (non-hydrogen) atoms. The molecule has 150 valence electrons. The minimum atomic E-state index is -0.849. The van der Waals surface area contributed by atoms with Gasteiger partial charge in [-0.3, -0.25) is 9.59 Å². The predicted molar refractivity (Wildman–Crippen MR) is 86.7 cm³/mol. The van der Waals surface area contributed by atoms with E-state index in [1.54, 1.807) is 0 Å². The standard InChI is InChI=1S/C18H18O10/c1-7-11(27-17(21)25-7)5-23-15(19)10-4-3-9-13(10)14(9)16(20)24-6-12-8(2)26-18(22)28-12/h9-10,13-14H,3-6H2,1-2H3/t9?,10-,13?,14+/m1/s1. The summed E-state index contributed by atoms with van der Waals surface area (Å²) >= 11 is 0. The first kappa shape index (κ1) is 18.3. The minimum absolute atomic E-state index is 0.0797. The Morgan fingerprint density at radius 1 is 0.857 bits per heavy atom. The Bertz CT molecular complexity index is 1020. The van der Waals surface area contributed by atoms with E-state index in [1.807, 2.05) is 0 Å². The molecule has 0 saturated heterocycles. The van der Waals surface area contributed by atoms with Gasteiger partial charge < -0.3 is 27.1 Å². The Hall–Kier alpha value is -3.04. The summed E-state index contributed by atoms with van der Waals surface area (Å²) in [6.07, 6.45) is 1.35. The fourth-order valence-electron chi connectivity index (χ4n) is 3.98. The predicted octanol–water partition coefficient (Wildman–Crippen LogP) is 1.45. The van der Waals surface area contributed by atoms with Gasteiger partial charge in [0.25, 0.3) is 0 Å². The van der Waals surface area contributed by atoms with Crippen LogP contribution >= 0.6 is 0 Å². The van der Waals surface area contributed by atoms with Crippen LogP contribution in [0.5, 0.6) is 0 Å². The van der Waals surface area contributed by atoms with Crippen molar-refractivity contribution in [1.29, 1.82) is 0 Å². The Kier molecular flexibility index (Phi) is 4.48. The SMILES string of the molecule is Cc1oc(=O)oc1COC(=O)[C@H]1C2CC[C@@H](C(=O)OCc3oc(=O)oc3C)C21. The second-order valence-corrected chi connectivity index (χ2v) is 7.03. The Labute approximate surface area is 157 Å². The van der Waals surface area contributed by atoms with Crippen LogP contribution in [0.4, 0.5) is 0 Å². The van der Waals surface area contributed by atoms with Crippen LogP contribution in [0, 0.1) is 37.5 Å².